The van der Waals surface area contributed by atoms with E-state index in [-0.39, 0.29) is 5.91 Å². The summed E-state index contributed by atoms with van der Waals surface area (Å²) < 4.78 is 2.37. The van der Waals surface area contributed by atoms with Gasteiger partial charge in [0.15, 0.2) is 0 Å². The van der Waals surface area contributed by atoms with Gasteiger partial charge in [0.2, 0.25) is 0 Å². The van der Waals surface area contributed by atoms with Gasteiger partial charge in [-0.3, -0.25) is 9.48 Å². The summed E-state index contributed by atoms with van der Waals surface area (Å²) in [6.45, 7) is 3.65. The average molecular weight is 309 g/mol. The van der Waals surface area contributed by atoms with Crippen LogP contribution in [0.2, 0.25) is 0 Å². The standard InChI is InChI=1S/C12H13BrN4O/c1-7-9(6-17(3)16-7)12(18)15-10-4-5-11(13)14-8(10)2/h4-6H,1-3H3,(H,15,18). The van der Waals surface area contributed by atoms with E-state index in [4.69, 9.17) is 0 Å². The SMILES string of the molecule is Cc1nc(Br)ccc1NC(=O)c1cn(C)nc1C. The normalized spacial score (nSPS) is 10.4. The van der Waals surface area contributed by atoms with Crippen LogP contribution in [0.25, 0.3) is 0 Å². The number of hydrogen-bond donors (Lipinski definition) is 1. The molecule has 6 heteroatoms. The molecule has 0 spiro atoms. The Labute approximate surface area is 113 Å². The number of nitrogens with zero attached hydrogens (tertiary/aromatic N) is 3. The predicted molar refractivity (Wildman–Crippen MR) is 72.6 cm³/mol. The minimum atomic E-state index is -0.173. The molecule has 0 radical (unpaired) electrons. The van der Waals surface area contributed by atoms with E-state index in [1.54, 1.807) is 24.0 Å². The molecular weight excluding hydrogens is 296 g/mol. The van der Waals surface area contributed by atoms with Crippen LogP contribution in [0.15, 0.2) is 22.9 Å². The van der Waals surface area contributed by atoms with Gasteiger partial charge in [0.05, 0.1) is 22.6 Å². The summed E-state index contributed by atoms with van der Waals surface area (Å²) in [4.78, 5) is 16.3. The van der Waals surface area contributed by atoms with Crippen molar-refractivity contribution >= 4 is 27.5 Å². The third-order valence-corrected chi connectivity index (χ3v) is 3.00. The van der Waals surface area contributed by atoms with Crippen molar-refractivity contribution in [3.8, 4) is 0 Å². The van der Waals surface area contributed by atoms with Crippen molar-refractivity contribution in [2.24, 2.45) is 7.05 Å². The van der Waals surface area contributed by atoms with Crippen LogP contribution in [0.4, 0.5) is 5.69 Å². The molecule has 0 aromatic carbocycles. The second-order valence-corrected chi connectivity index (χ2v) is 4.84. The van der Waals surface area contributed by atoms with E-state index in [1.165, 1.54) is 0 Å². The van der Waals surface area contributed by atoms with Gasteiger partial charge < -0.3 is 5.32 Å². The Kier molecular flexibility index (Phi) is 3.47. The zero-order chi connectivity index (χ0) is 13.3. The first kappa shape index (κ1) is 12.8. The van der Waals surface area contributed by atoms with Crippen LogP contribution in [0.3, 0.4) is 0 Å². The summed E-state index contributed by atoms with van der Waals surface area (Å²) in [5, 5.41) is 6.98. The van der Waals surface area contributed by atoms with Gasteiger partial charge in [-0.05, 0) is 41.9 Å². The van der Waals surface area contributed by atoms with Gasteiger partial charge in [0.1, 0.15) is 4.60 Å². The Bertz CT molecular complexity index is 606. The molecule has 0 atom stereocenters. The smallest absolute Gasteiger partial charge is 0.259 e. The molecule has 2 aromatic heterocycles. The largest absolute Gasteiger partial charge is 0.320 e. The Morgan fingerprint density at radius 3 is 2.61 bits per heavy atom. The fourth-order valence-corrected chi connectivity index (χ4v) is 2.07. The molecule has 0 saturated carbocycles. The monoisotopic (exact) mass is 308 g/mol. The van der Waals surface area contributed by atoms with Gasteiger partial charge in [-0.15, -0.1) is 0 Å². The highest BCUT2D eigenvalue weighted by Gasteiger charge is 2.13. The molecule has 0 fully saturated rings. The quantitative estimate of drug-likeness (QED) is 0.867. The van der Waals surface area contributed by atoms with Gasteiger partial charge >= 0.3 is 0 Å². The lowest BCUT2D eigenvalue weighted by Gasteiger charge is -2.07. The Morgan fingerprint density at radius 2 is 2.06 bits per heavy atom. The summed E-state index contributed by atoms with van der Waals surface area (Å²) in [6.07, 6.45) is 1.70. The van der Waals surface area contributed by atoms with Crippen molar-refractivity contribution in [2.45, 2.75) is 13.8 Å². The molecule has 94 valence electrons. The van der Waals surface area contributed by atoms with E-state index in [9.17, 15) is 4.79 Å². The van der Waals surface area contributed by atoms with Crippen molar-refractivity contribution in [2.75, 3.05) is 5.32 Å². The first-order chi connectivity index (χ1) is 8.47. The van der Waals surface area contributed by atoms with Crippen LogP contribution in [0.1, 0.15) is 21.7 Å². The third kappa shape index (κ3) is 2.59. The number of pyridine rings is 1. The van der Waals surface area contributed by atoms with Crippen molar-refractivity contribution < 1.29 is 4.79 Å². The van der Waals surface area contributed by atoms with E-state index < -0.39 is 0 Å². The summed E-state index contributed by atoms with van der Waals surface area (Å²) in [5.74, 6) is -0.173. The molecule has 5 nitrogen and oxygen atoms in total. The average Bonchev–Trinajstić information content (AvgIpc) is 2.62. The summed E-state index contributed by atoms with van der Waals surface area (Å²) in [5.41, 5.74) is 2.74. The molecule has 0 unspecified atom stereocenters. The number of halogens is 1. The fraction of sp³-hybridized carbons (Fsp3) is 0.250. The highest BCUT2D eigenvalue weighted by molar-refractivity contribution is 9.10. The maximum atomic E-state index is 12.1. The fourth-order valence-electron chi connectivity index (χ4n) is 1.67. The third-order valence-electron chi connectivity index (χ3n) is 2.56. The van der Waals surface area contributed by atoms with Crippen LogP contribution in [0, 0.1) is 13.8 Å². The molecule has 2 aromatic rings. The van der Waals surface area contributed by atoms with Crippen LogP contribution < -0.4 is 5.32 Å². The first-order valence-electron chi connectivity index (χ1n) is 5.42. The van der Waals surface area contributed by atoms with Crippen molar-refractivity contribution in [3.05, 3.63) is 39.9 Å². The molecule has 0 aliphatic carbocycles. The second kappa shape index (κ2) is 4.89. The maximum absolute atomic E-state index is 12.1. The summed E-state index contributed by atoms with van der Waals surface area (Å²) in [6, 6.07) is 3.61. The molecule has 1 amide bonds. The summed E-state index contributed by atoms with van der Waals surface area (Å²) in [7, 11) is 1.79. The number of aryl methyl sites for hydroxylation is 3. The molecular formula is C12H13BrN4O. The van der Waals surface area contributed by atoms with Crippen LogP contribution in [-0.4, -0.2) is 20.7 Å². The lowest BCUT2D eigenvalue weighted by atomic mass is 10.2. The number of anilines is 1. The van der Waals surface area contributed by atoms with Gasteiger partial charge in [-0.2, -0.15) is 5.10 Å². The van der Waals surface area contributed by atoms with E-state index in [0.29, 0.717) is 16.9 Å². The number of carbonyl (C=O) groups is 1. The Hall–Kier alpha value is -1.69. The number of carbonyl (C=O) groups excluding carboxylic acids is 1. The zero-order valence-electron chi connectivity index (χ0n) is 10.4. The van der Waals surface area contributed by atoms with Crippen LogP contribution in [0.5, 0.6) is 0 Å². The number of aromatic nitrogens is 3. The molecule has 1 N–H and O–H groups in total. The van der Waals surface area contributed by atoms with Gasteiger partial charge in [-0.1, -0.05) is 0 Å². The van der Waals surface area contributed by atoms with Crippen molar-refractivity contribution in [1.29, 1.82) is 0 Å². The first-order valence-corrected chi connectivity index (χ1v) is 6.21. The molecule has 2 heterocycles. The lowest BCUT2D eigenvalue weighted by Crippen LogP contribution is -2.13. The number of rotatable bonds is 2. The zero-order valence-corrected chi connectivity index (χ0v) is 11.9. The maximum Gasteiger partial charge on any atom is 0.259 e. The van der Waals surface area contributed by atoms with E-state index >= 15 is 0 Å². The molecule has 2 rings (SSSR count). The highest BCUT2D eigenvalue weighted by Crippen LogP contribution is 2.17. The predicted octanol–water partition coefficient (Wildman–Crippen LogP) is 2.45. The van der Waals surface area contributed by atoms with E-state index in [2.05, 4.69) is 31.3 Å². The van der Waals surface area contributed by atoms with Gasteiger partial charge in [-0.25, -0.2) is 4.98 Å². The second-order valence-electron chi connectivity index (χ2n) is 4.02. The number of amides is 1. The Balaban J connectivity index is 2.24. The Morgan fingerprint density at radius 1 is 1.33 bits per heavy atom. The number of hydrogen-bond acceptors (Lipinski definition) is 3. The highest BCUT2D eigenvalue weighted by atomic mass is 79.9. The van der Waals surface area contributed by atoms with Crippen LogP contribution >= 0.6 is 15.9 Å². The minimum Gasteiger partial charge on any atom is -0.320 e. The number of nitrogens with one attached hydrogen (secondary N) is 1. The topological polar surface area (TPSA) is 59.8 Å². The molecule has 0 saturated heterocycles. The van der Waals surface area contributed by atoms with Crippen molar-refractivity contribution in [3.63, 3.8) is 0 Å². The van der Waals surface area contributed by atoms with E-state index in [0.717, 1.165) is 10.3 Å². The summed E-state index contributed by atoms with van der Waals surface area (Å²) >= 11 is 3.29. The van der Waals surface area contributed by atoms with Crippen LogP contribution in [-0.2, 0) is 7.05 Å². The van der Waals surface area contributed by atoms with E-state index in [1.807, 2.05) is 19.9 Å². The molecule has 0 aliphatic heterocycles. The minimum absolute atomic E-state index is 0.173. The van der Waals surface area contributed by atoms with Gasteiger partial charge in [0.25, 0.3) is 5.91 Å². The molecule has 0 bridgehead atoms. The molecule has 0 aliphatic rings. The molecule has 18 heavy (non-hydrogen) atoms. The lowest BCUT2D eigenvalue weighted by molar-refractivity contribution is 0.102. The van der Waals surface area contributed by atoms with Crippen molar-refractivity contribution in [1.82, 2.24) is 14.8 Å². The van der Waals surface area contributed by atoms with Gasteiger partial charge in [0, 0.05) is 13.2 Å².